The first-order chi connectivity index (χ1) is 8.32. The molecule has 0 aromatic rings. The molecule has 0 aromatic heterocycles. The van der Waals surface area contributed by atoms with E-state index >= 15 is 0 Å². The fraction of sp³-hybridized carbons (Fsp3) is 0.733. The lowest BCUT2D eigenvalue weighted by Crippen LogP contribution is -2.39. The van der Waals surface area contributed by atoms with E-state index in [1.165, 1.54) is 0 Å². The molecule has 2 saturated carbocycles. The zero-order valence-electron chi connectivity index (χ0n) is 11.2. The monoisotopic (exact) mass is 250 g/mol. The first-order valence-electron chi connectivity index (χ1n) is 6.71. The van der Waals surface area contributed by atoms with Crippen LogP contribution in [0.15, 0.2) is 12.2 Å². The largest absolute Gasteiger partial charge is 0.478 e. The molecule has 0 saturated heterocycles. The second-order valence-electron chi connectivity index (χ2n) is 6.63. The minimum atomic E-state index is -0.894. The number of carboxylic acid groups (broad SMARTS) is 1. The van der Waals surface area contributed by atoms with Crippen molar-refractivity contribution in [1.82, 2.24) is 0 Å². The minimum Gasteiger partial charge on any atom is -0.478 e. The number of fused-ring (bicyclic) bond motifs is 1. The number of hydrogen-bond donors (Lipinski definition) is 1. The molecule has 2 rings (SSSR count). The van der Waals surface area contributed by atoms with E-state index in [4.69, 9.17) is 5.11 Å². The van der Waals surface area contributed by atoms with E-state index in [1.54, 1.807) is 0 Å². The van der Waals surface area contributed by atoms with Gasteiger partial charge in [-0.2, -0.15) is 0 Å². The summed E-state index contributed by atoms with van der Waals surface area (Å²) >= 11 is 0. The Morgan fingerprint density at radius 3 is 2.56 bits per heavy atom. The molecule has 0 heterocycles. The molecule has 0 aliphatic heterocycles. The molecule has 0 aromatic carbocycles. The highest BCUT2D eigenvalue weighted by atomic mass is 16.4. The summed E-state index contributed by atoms with van der Waals surface area (Å²) in [5.41, 5.74) is 0.258. The fourth-order valence-electron chi connectivity index (χ4n) is 4.09. The van der Waals surface area contributed by atoms with Crippen molar-refractivity contribution in [1.29, 1.82) is 0 Å². The molecular formula is C15H22O3. The van der Waals surface area contributed by atoms with Crippen LogP contribution in [0, 0.1) is 22.7 Å². The molecule has 4 atom stereocenters. The van der Waals surface area contributed by atoms with Gasteiger partial charge in [0.25, 0.3) is 0 Å². The van der Waals surface area contributed by atoms with Crippen LogP contribution >= 0.6 is 0 Å². The van der Waals surface area contributed by atoms with E-state index in [-0.39, 0.29) is 16.7 Å². The molecule has 0 radical (unpaired) electrons. The number of aldehydes is 1. The molecule has 0 bridgehead atoms. The standard InChI is InChI=1S/C15H22O3/c1-10(13(17)18)11-4-5-14(2)6-7-15(3,9-16)12(14)8-11/h9,11-12H,1,4-8H2,2-3H3,(H,17,18)/t11-,12-,14+,15?/m1/s1. The van der Waals surface area contributed by atoms with Crippen molar-refractivity contribution in [3.8, 4) is 0 Å². The second kappa shape index (κ2) is 4.22. The summed E-state index contributed by atoms with van der Waals surface area (Å²) in [5.74, 6) is -0.551. The van der Waals surface area contributed by atoms with Crippen LogP contribution in [0.3, 0.4) is 0 Å². The first kappa shape index (κ1) is 13.3. The van der Waals surface area contributed by atoms with Gasteiger partial charge in [-0.3, -0.25) is 0 Å². The maximum atomic E-state index is 11.4. The van der Waals surface area contributed by atoms with E-state index < -0.39 is 5.97 Å². The Kier molecular flexibility index (Phi) is 3.12. The zero-order chi connectivity index (χ0) is 13.6. The number of rotatable bonds is 3. The zero-order valence-corrected chi connectivity index (χ0v) is 11.2. The lowest BCUT2D eigenvalue weighted by atomic mass is 9.60. The molecule has 0 amide bonds. The summed E-state index contributed by atoms with van der Waals surface area (Å²) in [6.07, 6.45) is 5.82. The van der Waals surface area contributed by atoms with Crippen LogP contribution in [0.5, 0.6) is 0 Å². The van der Waals surface area contributed by atoms with Crippen molar-refractivity contribution < 1.29 is 14.7 Å². The van der Waals surface area contributed by atoms with Gasteiger partial charge < -0.3 is 9.90 Å². The summed E-state index contributed by atoms with van der Waals surface area (Å²) in [6, 6.07) is 0. The Morgan fingerprint density at radius 1 is 1.33 bits per heavy atom. The van der Waals surface area contributed by atoms with Gasteiger partial charge in [0.2, 0.25) is 0 Å². The van der Waals surface area contributed by atoms with Crippen LogP contribution in [0.2, 0.25) is 0 Å². The molecule has 100 valence electrons. The van der Waals surface area contributed by atoms with Crippen molar-refractivity contribution in [3.05, 3.63) is 12.2 Å². The van der Waals surface area contributed by atoms with E-state index in [1.807, 2.05) is 6.92 Å². The van der Waals surface area contributed by atoms with Crippen LogP contribution in [0.25, 0.3) is 0 Å². The average Bonchev–Trinajstić information content (AvgIpc) is 2.61. The van der Waals surface area contributed by atoms with E-state index in [0.29, 0.717) is 11.5 Å². The minimum absolute atomic E-state index is 0.0398. The first-order valence-corrected chi connectivity index (χ1v) is 6.71. The number of hydrogen-bond acceptors (Lipinski definition) is 2. The molecule has 18 heavy (non-hydrogen) atoms. The van der Waals surface area contributed by atoms with Gasteiger partial charge in [0.05, 0.1) is 0 Å². The highest BCUT2D eigenvalue weighted by Gasteiger charge is 2.54. The van der Waals surface area contributed by atoms with Gasteiger partial charge in [-0.1, -0.05) is 20.4 Å². The van der Waals surface area contributed by atoms with Crippen LogP contribution in [-0.4, -0.2) is 17.4 Å². The van der Waals surface area contributed by atoms with Crippen molar-refractivity contribution in [2.75, 3.05) is 0 Å². The molecular weight excluding hydrogens is 228 g/mol. The summed E-state index contributed by atoms with van der Waals surface area (Å²) in [4.78, 5) is 22.4. The Hall–Kier alpha value is -1.12. The quantitative estimate of drug-likeness (QED) is 0.618. The highest BCUT2D eigenvalue weighted by Crippen LogP contribution is 2.61. The number of aliphatic carboxylic acids is 1. The van der Waals surface area contributed by atoms with Gasteiger partial charge in [0.15, 0.2) is 0 Å². The maximum Gasteiger partial charge on any atom is 0.331 e. The van der Waals surface area contributed by atoms with E-state index in [0.717, 1.165) is 38.4 Å². The Morgan fingerprint density at radius 2 is 2.00 bits per heavy atom. The van der Waals surface area contributed by atoms with Gasteiger partial charge in [-0.05, 0) is 49.4 Å². The predicted molar refractivity (Wildman–Crippen MR) is 69.1 cm³/mol. The molecule has 2 aliphatic rings. The summed E-state index contributed by atoms with van der Waals surface area (Å²) in [5, 5.41) is 9.06. The van der Waals surface area contributed by atoms with Gasteiger partial charge in [-0.15, -0.1) is 0 Å². The third-order valence-electron chi connectivity index (χ3n) is 5.49. The summed E-state index contributed by atoms with van der Waals surface area (Å²) in [7, 11) is 0. The van der Waals surface area contributed by atoms with Crippen LogP contribution < -0.4 is 0 Å². The van der Waals surface area contributed by atoms with Crippen molar-refractivity contribution >= 4 is 12.3 Å². The Balaban J connectivity index is 2.22. The van der Waals surface area contributed by atoms with Crippen molar-refractivity contribution in [3.63, 3.8) is 0 Å². The predicted octanol–water partition coefficient (Wildman–Crippen LogP) is 3.05. The maximum absolute atomic E-state index is 11.4. The van der Waals surface area contributed by atoms with E-state index in [2.05, 4.69) is 13.5 Å². The van der Waals surface area contributed by atoms with Gasteiger partial charge in [0, 0.05) is 11.0 Å². The molecule has 2 aliphatic carbocycles. The number of carbonyl (C=O) groups is 2. The van der Waals surface area contributed by atoms with Gasteiger partial charge >= 0.3 is 5.97 Å². The number of carbonyl (C=O) groups excluding carboxylic acids is 1. The molecule has 1 N–H and O–H groups in total. The van der Waals surface area contributed by atoms with Gasteiger partial charge in [0.1, 0.15) is 6.29 Å². The lowest BCUT2D eigenvalue weighted by Gasteiger charge is -2.44. The normalized spacial score (nSPS) is 43.2. The van der Waals surface area contributed by atoms with Crippen LogP contribution in [0.4, 0.5) is 0 Å². The van der Waals surface area contributed by atoms with Crippen LogP contribution in [-0.2, 0) is 9.59 Å². The fourth-order valence-corrected chi connectivity index (χ4v) is 4.09. The molecule has 0 spiro atoms. The van der Waals surface area contributed by atoms with Crippen molar-refractivity contribution in [2.24, 2.45) is 22.7 Å². The second-order valence-corrected chi connectivity index (χ2v) is 6.63. The molecule has 3 heteroatoms. The topological polar surface area (TPSA) is 54.4 Å². The Labute approximate surface area is 108 Å². The third-order valence-corrected chi connectivity index (χ3v) is 5.49. The SMILES string of the molecule is C=C(C(=O)O)[C@@H]1CC[C@@]2(C)CCC(C)(C=O)[C@@H]2C1. The third kappa shape index (κ3) is 1.90. The molecule has 2 fully saturated rings. The van der Waals surface area contributed by atoms with Crippen LogP contribution in [0.1, 0.15) is 46.0 Å². The van der Waals surface area contributed by atoms with Gasteiger partial charge in [-0.25, -0.2) is 4.79 Å². The summed E-state index contributed by atoms with van der Waals surface area (Å²) in [6.45, 7) is 7.99. The molecule has 1 unspecified atom stereocenters. The van der Waals surface area contributed by atoms with E-state index in [9.17, 15) is 9.59 Å². The smallest absolute Gasteiger partial charge is 0.331 e. The number of carboxylic acids is 1. The molecule has 3 nitrogen and oxygen atoms in total. The van der Waals surface area contributed by atoms with Crippen molar-refractivity contribution in [2.45, 2.75) is 46.0 Å². The highest BCUT2D eigenvalue weighted by molar-refractivity contribution is 5.86. The average molecular weight is 250 g/mol. The summed E-state index contributed by atoms with van der Waals surface area (Å²) < 4.78 is 0. The Bertz CT molecular complexity index is 401. The lowest BCUT2D eigenvalue weighted by molar-refractivity contribution is -0.133.